The number of carbonyl (C=O) groups excluding carboxylic acids is 1. The molecule has 1 N–H and O–H groups in total. The van der Waals surface area contributed by atoms with Gasteiger partial charge in [-0.1, -0.05) is 0 Å². The van der Waals surface area contributed by atoms with Crippen LogP contribution in [-0.4, -0.2) is 15.7 Å². The van der Waals surface area contributed by atoms with Crippen LogP contribution in [0.1, 0.15) is 34.5 Å². The molecule has 4 nitrogen and oxygen atoms in total. The number of aromatic nitrogens is 2. The first-order chi connectivity index (χ1) is 9.77. The number of hydrogen-bond donors (Lipinski definition) is 1. The molecule has 1 unspecified atom stereocenters. The van der Waals surface area contributed by atoms with Crippen molar-refractivity contribution >= 4 is 5.91 Å². The molecule has 1 heterocycles. The van der Waals surface area contributed by atoms with Gasteiger partial charge in [0.25, 0.3) is 5.91 Å². The summed E-state index contributed by atoms with van der Waals surface area (Å²) in [5.74, 6) is -0.430. The minimum absolute atomic E-state index is 0.179. The highest BCUT2D eigenvalue weighted by atomic mass is 19.4. The minimum atomic E-state index is -4.40. The number of benzene rings is 1. The van der Waals surface area contributed by atoms with Gasteiger partial charge in [-0.05, 0) is 31.2 Å². The van der Waals surface area contributed by atoms with Crippen LogP contribution in [0.2, 0.25) is 0 Å². The highest BCUT2D eigenvalue weighted by molar-refractivity contribution is 5.94. The van der Waals surface area contributed by atoms with Crippen LogP contribution in [-0.2, 0) is 13.2 Å². The molecule has 0 aliphatic heterocycles. The Morgan fingerprint density at radius 1 is 1.29 bits per heavy atom. The van der Waals surface area contributed by atoms with Gasteiger partial charge < -0.3 is 5.32 Å². The van der Waals surface area contributed by atoms with Crippen molar-refractivity contribution in [1.82, 2.24) is 15.1 Å². The highest BCUT2D eigenvalue weighted by Crippen LogP contribution is 2.29. The van der Waals surface area contributed by atoms with Crippen molar-refractivity contribution < 1.29 is 18.0 Å². The van der Waals surface area contributed by atoms with E-state index < -0.39 is 17.6 Å². The maximum Gasteiger partial charge on any atom is 0.416 e. The van der Waals surface area contributed by atoms with Gasteiger partial charge in [-0.2, -0.15) is 18.3 Å². The maximum absolute atomic E-state index is 12.4. The molecule has 0 bridgehead atoms. The normalized spacial score (nSPS) is 13.0. The van der Waals surface area contributed by atoms with E-state index in [0.717, 1.165) is 29.8 Å². The SMILES string of the molecule is CC(NC(=O)c1ccc(C(F)(F)F)cc1)c1cnn(C)c1. The topological polar surface area (TPSA) is 46.9 Å². The average molecular weight is 297 g/mol. The predicted molar refractivity (Wildman–Crippen MR) is 70.5 cm³/mol. The second-order valence-corrected chi connectivity index (χ2v) is 4.72. The van der Waals surface area contributed by atoms with Crippen LogP contribution in [0, 0.1) is 0 Å². The van der Waals surface area contributed by atoms with Gasteiger partial charge in [-0.3, -0.25) is 9.48 Å². The Morgan fingerprint density at radius 2 is 1.90 bits per heavy atom. The highest BCUT2D eigenvalue weighted by Gasteiger charge is 2.30. The van der Waals surface area contributed by atoms with Crippen LogP contribution in [0.25, 0.3) is 0 Å². The Labute approximate surface area is 119 Å². The fourth-order valence-corrected chi connectivity index (χ4v) is 1.84. The van der Waals surface area contributed by atoms with E-state index in [9.17, 15) is 18.0 Å². The summed E-state index contributed by atoms with van der Waals surface area (Å²) in [6.07, 6.45) is -1.02. The van der Waals surface area contributed by atoms with Crippen molar-refractivity contribution in [2.75, 3.05) is 0 Å². The average Bonchev–Trinajstić information content (AvgIpc) is 2.84. The molecule has 1 aromatic heterocycles. The smallest absolute Gasteiger partial charge is 0.345 e. The summed E-state index contributed by atoms with van der Waals surface area (Å²) < 4.78 is 38.9. The summed E-state index contributed by atoms with van der Waals surface area (Å²) in [7, 11) is 1.76. The molecule has 1 atom stereocenters. The molecular formula is C14H14F3N3O. The Balaban J connectivity index is 2.06. The minimum Gasteiger partial charge on any atom is -0.345 e. The Bertz CT molecular complexity index is 632. The Kier molecular flexibility index (Phi) is 4.02. The van der Waals surface area contributed by atoms with Crippen LogP contribution < -0.4 is 5.32 Å². The number of alkyl halides is 3. The van der Waals surface area contributed by atoms with E-state index in [0.29, 0.717) is 0 Å². The van der Waals surface area contributed by atoms with Crippen molar-refractivity contribution in [3.05, 3.63) is 53.3 Å². The number of aryl methyl sites for hydroxylation is 1. The maximum atomic E-state index is 12.4. The number of carbonyl (C=O) groups is 1. The molecule has 0 aliphatic carbocycles. The van der Waals surface area contributed by atoms with Crippen LogP contribution in [0.3, 0.4) is 0 Å². The Hall–Kier alpha value is -2.31. The second-order valence-electron chi connectivity index (χ2n) is 4.72. The van der Waals surface area contributed by atoms with E-state index in [1.54, 1.807) is 31.0 Å². The van der Waals surface area contributed by atoms with Gasteiger partial charge >= 0.3 is 6.18 Å². The van der Waals surface area contributed by atoms with E-state index in [1.807, 2.05) is 0 Å². The number of halogens is 3. The van der Waals surface area contributed by atoms with Crippen LogP contribution in [0.5, 0.6) is 0 Å². The summed E-state index contributed by atoms with van der Waals surface area (Å²) in [6.45, 7) is 1.78. The standard InChI is InChI=1S/C14H14F3N3O/c1-9(11-7-18-20(2)8-11)19-13(21)10-3-5-12(6-4-10)14(15,16)17/h3-9H,1-2H3,(H,19,21). The molecule has 2 aromatic rings. The molecule has 7 heteroatoms. The quantitative estimate of drug-likeness (QED) is 0.947. The molecule has 1 aromatic carbocycles. The first-order valence-electron chi connectivity index (χ1n) is 6.24. The molecular weight excluding hydrogens is 283 g/mol. The van der Waals surface area contributed by atoms with E-state index in [1.165, 1.54) is 0 Å². The lowest BCUT2D eigenvalue weighted by molar-refractivity contribution is -0.137. The number of amides is 1. The van der Waals surface area contributed by atoms with Crippen molar-refractivity contribution in [3.63, 3.8) is 0 Å². The molecule has 0 radical (unpaired) electrons. The zero-order chi connectivity index (χ0) is 15.6. The first kappa shape index (κ1) is 15.1. The van der Waals surface area contributed by atoms with Crippen molar-refractivity contribution in [2.24, 2.45) is 7.05 Å². The van der Waals surface area contributed by atoms with Crippen molar-refractivity contribution in [1.29, 1.82) is 0 Å². The van der Waals surface area contributed by atoms with E-state index in [4.69, 9.17) is 0 Å². The van der Waals surface area contributed by atoms with Crippen molar-refractivity contribution in [3.8, 4) is 0 Å². The van der Waals surface area contributed by atoms with Gasteiger partial charge in [0.1, 0.15) is 0 Å². The van der Waals surface area contributed by atoms with Gasteiger partial charge in [-0.15, -0.1) is 0 Å². The molecule has 0 saturated heterocycles. The molecule has 1 amide bonds. The summed E-state index contributed by atoms with van der Waals surface area (Å²) in [5.41, 5.74) is 0.218. The fraction of sp³-hybridized carbons (Fsp3) is 0.286. The molecule has 112 valence electrons. The number of nitrogens with zero attached hydrogens (tertiary/aromatic N) is 2. The summed E-state index contributed by atoms with van der Waals surface area (Å²) >= 11 is 0. The van der Waals surface area contributed by atoms with E-state index in [2.05, 4.69) is 10.4 Å². The van der Waals surface area contributed by atoms with E-state index in [-0.39, 0.29) is 11.6 Å². The lowest BCUT2D eigenvalue weighted by Crippen LogP contribution is -2.26. The molecule has 0 fully saturated rings. The Morgan fingerprint density at radius 3 is 2.38 bits per heavy atom. The summed E-state index contributed by atoms with van der Waals surface area (Å²) in [4.78, 5) is 12.0. The van der Waals surface area contributed by atoms with E-state index >= 15 is 0 Å². The first-order valence-corrected chi connectivity index (χ1v) is 6.24. The van der Waals surface area contributed by atoms with Gasteiger partial charge in [0.2, 0.25) is 0 Å². The molecule has 2 rings (SSSR count). The third-order valence-corrected chi connectivity index (χ3v) is 3.05. The van der Waals surface area contributed by atoms with Crippen LogP contribution >= 0.6 is 0 Å². The molecule has 0 saturated carbocycles. The molecule has 0 aliphatic rings. The zero-order valence-electron chi connectivity index (χ0n) is 11.5. The summed E-state index contributed by atoms with van der Waals surface area (Å²) in [6, 6.07) is 3.82. The second kappa shape index (κ2) is 5.59. The number of hydrogen-bond acceptors (Lipinski definition) is 2. The largest absolute Gasteiger partial charge is 0.416 e. The van der Waals surface area contributed by atoms with Crippen molar-refractivity contribution in [2.45, 2.75) is 19.1 Å². The lowest BCUT2D eigenvalue weighted by atomic mass is 10.1. The third kappa shape index (κ3) is 3.62. The van der Waals surface area contributed by atoms with Gasteiger partial charge in [0.15, 0.2) is 0 Å². The lowest BCUT2D eigenvalue weighted by Gasteiger charge is -2.13. The monoisotopic (exact) mass is 297 g/mol. The van der Waals surface area contributed by atoms with Gasteiger partial charge in [-0.25, -0.2) is 0 Å². The van der Waals surface area contributed by atoms with Crippen LogP contribution in [0.15, 0.2) is 36.7 Å². The van der Waals surface area contributed by atoms with Crippen LogP contribution in [0.4, 0.5) is 13.2 Å². The molecule has 21 heavy (non-hydrogen) atoms. The van der Waals surface area contributed by atoms with Gasteiger partial charge in [0.05, 0.1) is 17.8 Å². The number of nitrogens with one attached hydrogen (secondary N) is 1. The van der Waals surface area contributed by atoms with Gasteiger partial charge in [0, 0.05) is 24.4 Å². The predicted octanol–water partition coefficient (Wildman–Crippen LogP) is 2.93. The third-order valence-electron chi connectivity index (χ3n) is 3.05. The summed E-state index contributed by atoms with van der Waals surface area (Å²) in [5, 5.41) is 6.71. The fourth-order valence-electron chi connectivity index (χ4n) is 1.84. The molecule has 0 spiro atoms. The number of rotatable bonds is 3. The zero-order valence-corrected chi connectivity index (χ0v) is 11.5.